The molecule has 0 radical (unpaired) electrons. The van der Waals surface area contributed by atoms with Crippen molar-refractivity contribution in [1.82, 2.24) is 14.7 Å². The molecule has 1 unspecified atom stereocenters. The van der Waals surface area contributed by atoms with Gasteiger partial charge in [-0.25, -0.2) is 0 Å². The highest BCUT2D eigenvalue weighted by atomic mass is 15.3. The van der Waals surface area contributed by atoms with E-state index >= 15 is 0 Å². The maximum Gasteiger partial charge on any atom is 0.0224 e. The van der Waals surface area contributed by atoms with E-state index in [1.54, 1.807) is 0 Å². The van der Waals surface area contributed by atoms with E-state index in [1.807, 2.05) is 0 Å². The van der Waals surface area contributed by atoms with Crippen LogP contribution >= 0.6 is 0 Å². The minimum Gasteiger partial charge on any atom is -0.303 e. The van der Waals surface area contributed by atoms with Crippen LogP contribution in [0.5, 0.6) is 0 Å². The van der Waals surface area contributed by atoms with E-state index in [9.17, 15) is 0 Å². The summed E-state index contributed by atoms with van der Waals surface area (Å²) in [5.41, 5.74) is 0. The number of nitrogens with zero attached hydrogens (tertiary/aromatic N) is 3. The van der Waals surface area contributed by atoms with Gasteiger partial charge in [0.15, 0.2) is 0 Å². The summed E-state index contributed by atoms with van der Waals surface area (Å²) >= 11 is 0. The van der Waals surface area contributed by atoms with E-state index in [1.165, 1.54) is 71.5 Å². The molecule has 17 heavy (non-hydrogen) atoms. The Morgan fingerprint density at radius 3 is 2.35 bits per heavy atom. The highest BCUT2D eigenvalue weighted by Crippen LogP contribution is 2.25. The van der Waals surface area contributed by atoms with Crippen LogP contribution in [0.1, 0.15) is 32.6 Å². The van der Waals surface area contributed by atoms with Crippen LogP contribution in [0, 0.1) is 0 Å². The van der Waals surface area contributed by atoms with Crippen LogP contribution in [0.3, 0.4) is 0 Å². The summed E-state index contributed by atoms with van der Waals surface area (Å²) in [6.45, 7) is 11.6. The van der Waals surface area contributed by atoms with Crippen LogP contribution in [0.2, 0.25) is 0 Å². The molecular formula is C14H27N3. The molecule has 0 N–H and O–H groups in total. The first-order chi connectivity index (χ1) is 8.36. The van der Waals surface area contributed by atoms with Gasteiger partial charge in [-0.3, -0.25) is 9.80 Å². The molecule has 0 aromatic rings. The van der Waals surface area contributed by atoms with E-state index in [2.05, 4.69) is 21.6 Å². The number of piperazine rings is 1. The largest absolute Gasteiger partial charge is 0.303 e. The van der Waals surface area contributed by atoms with Crippen LogP contribution in [-0.2, 0) is 0 Å². The van der Waals surface area contributed by atoms with Crippen molar-refractivity contribution in [2.75, 3.05) is 45.8 Å². The molecule has 3 rings (SSSR count). The topological polar surface area (TPSA) is 9.72 Å². The fourth-order valence-corrected chi connectivity index (χ4v) is 3.95. The van der Waals surface area contributed by atoms with Gasteiger partial charge in [0.2, 0.25) is 0 Å². The van der Waals surface area contributed by atoms with Crippen molar-refractivity contribution >= 4 is 0 Å². The Morgan fingerprint density at radius 2 is 1.59 bits per heavy atom. The molecule has 3 heterocycles. The van der Waals surface area contributed by atoms with E-state index in [0.29, 0.717) is 0 Å². The third-order valence-electron chi connectivity index (χ3n) is 5.14. The van der Waals surface area contributed by atoms with Crippen molar-refractivity contribution in [2.45, 2.75) is 44.7 Å². The van der Waals surface area contributed by atoms with E-state index in [-0.39, 0.29) is 0 Å². The normalized spacial score (nSPS) is 34.1. The van der Waals surface area contributed by atoms with Gasteiger partial charge >= 0.3 is 0 Å². The third kappa shape index (κ3) is 2.51. The van der Waals surface area contributed by atoms with Crippen molar-refractivity contribution < 1.29 is 0 Å². The number of likely N-dealkylation sites (tertiary alicyclic amines) is 1. The first-order valence-corrected chi connectivity index (χ1v) is 7.57. The van der Waals surface area contributed by atoms with E-state index in [0.717, 1.165) is 12.1 Å². The monoisotopic (exact) mass is 237 g/mol. The van der Waals surface area contributed by atoms with E-state index < -0.39 is 0 Å². The number of hydrogen-bond donors (Lipinski definition) is 0. The molecule has 3 heteroatoms. The van der Waals surface area contributed by atoms with E-state index in [4.69, 9.17) is 0 Å². The molecule has 3 aliphatic rings. The van der Waals surface area contributed by atoms with Crippen molar-refractivity contribution in [3.05, 3.63) is 0 Å². The highest BCUT2D eigenvalue weighted by molar-refractivity contribution is 4.90. The van der Waals surface area contributed by atoms with Gasteiger partial charge in [0.25, 0.3) is 0 Å². The minimum atomic E-state index is 0.889. The third-order valence-corrected chi connectivity index (χ3v) is 5.14. The number of fused-ring (bicyclic) bond motifs is 1. The van der Waals surface area contributed by atoms with Crippen molar-refractivity contribution in [3.63, 3.8) is 0 Å². The lowest BCUT2D eigenvalue weighted by molar-refractivity contribution is 0.0429. The maximum absolute atomic E-state index is 2.81. The van der Waals surface area contributed by atoms with Gasteiger partial charge in [-0.2, -0.15) is 0 Å². The van der Waals surface area contributed by atoms with Crippen LogP contribution in [-0.4, -0.2) is 72.6 Å². The molecule has 98 valence electrons. The smallest absolute Gasteiger partial charge is 0.0224 e. The molecular weight excluding hydrogens is 210 g/mol. The molecule has 3 aliphatic heterocycles. The Bertz CT molecular complexity index is 248. The van der Waals surface area contributed by atoms with Crippen LogP contribution in [0.15, 0.2) is 0 Å². The van der Waals surface area contributed by atoms with Gasteiger partial charge < -0.3 is 4.90 Å². The molecule has 0 bridgehead atoms. The van der Waals surface area contributed by atoms with Crippen molar-refractivity contribution in [2.24, 2.45) is 0 Å². The zero-order valence-electron chi connectivity index (χ0n) is 11.3. The summed E-state index contributed by atoms with van der Waals surface area (Å²) in [6.07, 6.45) is 5.69. The summed E-state index contributed by atoms with van der Waals surface area (Å²) in [6, 6.07) is 1.79. The van der Waals surface area contributed by atoms with Gasteiger partial charge in [-0.05, 0) is 51.9 Å². The van der Waals surface area contributed by atoms with Crippen LogP contribution in [0.4, 0.5) is 0 Å². The second-order valence-electron chi connectivity index (χ2n) is 5.99. The molecule has 0 aliphatic carbocycles. The Labute approximate surface area is 106 Å². The first kappa shape index (κ1) is 11.9. The summed E-state index contributed by atoms with van der Waals surface area (Å²) in [4.78, 5) is 8.12. The predicted molar refractivity (Wildman–Crippen MR) is 71.3 cm³/mol. The Kier molecular flexibility index (Phi) is 3.69. The second kappa shape index (κ2) is 5.25. The van der Waals surface area contributed by atoms with Gasteiger partial charge in [-0.15, -0.1) is 0 Å². The summed E-state index contributed by atoms with van der Waals surface area (Å²) in [5.74, 6) is 0. The lowest BCUT2D eigenvalue weighted by Gasteiger charge is -2.44. The standard InChI is InChI=1S/C14H27N3/c1-2-15-8-5-13(6-9-15)17-11-10-16-7-3-4-14(16)12-17/h13-14H,2-12H2,1H3. The molecule has 0 spiro atoms. The Balaban J connectivity index is 1.52. The molecule has 3 nitrogen and oxygen atoms in total. The zero-order valence-corrected chi connectivity index (χ0v) is 11.3. The molecule has 0 aromatic carbocycles. The maximum atomic E-state index is 2.81. The van der Waals surface area contributed by atoms with Crippen molar-refractivity contribution in [3.8, 4) is 0 Å². The van der Waals surface area contributed by atoms with Gasteiger partial charge in [-0.1, -0.05) is 6.92 Å². The SMILES string of the molecule is CCN1CCC(N2CCN3CCCC3C2)CC1. The Morgan fingerprint density at radius 1 is 0.824 bits per heavy atom. The number of hydrogen-bond acceptors (Lipinski definition) is 3. The molecule has 3 saturated heterocycles. The fraction of sp³-hybridized carbons (Fsp3) is 1.00. The summed E-state index contributed by atoms with van der Waals surface area (Å²) in [5, 5.41) is 0. The number of rotatable bonds is 2. The second-order valence-corrected chi connectivity index (χ2v) is 5.99. The molecule has 1 atom stereocenters. The van der Waals surface area contributed by atoms with Crippen molar-refractivity contribution in [1.29, 1.82) is 0 Å². The average molecular weight is 237 g/mol. The average Bonchev–Trinajstić information content (AvgIpc) is 2.86. The van der Waals surface area contributed by atoms with Gasteiger partial charge in [0, 0.05) is 31.7 Å². The lowest BCUT2D eigenvalue weighted by Crippen LogP contribution is -2.55. The zero-order chi connectivity index (χ0) is 11.7. The van der Waals surface area contributed by atoms with Crippen LogP contribution in [0.25, 0.3) is 0 Å². The highest BCUT2D eigenvalue weighted by Gasteiger charge is 2.34. The minimum absolute atomic E-state index is 0.889. The molecule has 0 saturated carbocycles. The summed E-state index contributed by atoms with van der Waals surface area (Å²) < 4.78 is 0. The summed E-state index contributed by atoms with van der Waals surface area (Å²) in [7, 11) is 0. The first-order valence-electron chi connectivity index (χ1n) is 7.57. The quantitative estimate of drug-likeness (QED) is 0.716. The van der Waals surface area contributed by atoms with Gasteiger partial charge in [0.1, 0.15) is 0 Å². The fourth-order valence-electron chi connectivity index (χ4n) is 3.95. The number of piperidine rings is 1. The molecule has 3 fully saturated rings. The predicted octanol–water partition coefficient (Wildman–Crippen LogP) is 1.25. The Hall–Kier alpha value is -0.120. The molecule has 0 amide bonds. The van der Waals surface area contributed by atoms with Crippen LogP contribution < -0.4 is 0 Å². The van der Waals surface area contributed by atoms with Gasteiger partial charge in [0.05, 0.1) is 0 Å². The lowest BCUT2D eigenvalue weighted by atomic mass is 10.0. The molecule has 0 aromatic heterocycles.